The molecule has 9 heteroatoms. The van der Waals surface area contributed by atoms with Gasteiger partial charge in [-0.05, 0) is 49.2 Å². The molecule has 1 aliphatic rings. The third-order valence-corrected chi connectivity index (χ3v) is 7.23. The van der Waals surface area contributed by atoms with E-state index in [1.807, 2.05) is 6.07 Å². The van der Waals surface area contributed by atoms with E-state index < -0.39 is 26.0 Å². The van der Waals surface area contributed by atoms with Crippen molar-refractivity contribution >= 4 is 37.3 Å². The fraction of sp³-hybridized carbons (Fsp3) is 0.235. The summed E-state index contributed by atoms with van der Waals surface area (Å²) in [5, 5.41) is 0. The maximum absolute atomic E-state index is 12.6. The highest BCUT2D eigenvalue weighted by Crippen LogP contribution is 2.28. The molecule has 2 aromatic rings. The highest BCUT2D eigenvalue weighted by atomic mass is 32.2. The Labute approximate surface area is 152 Å². The zero-order valence-electron chi connectivity index (χ0n) is 14.3. The first-order valence-electron chi connectivity index (χ1n) is 7.87. The number of sulfonamides is 2. The summed E-state index contributed by atoms with van der Waals surface area (Å²) in [6, 6.07) is 10.7. The Morgan fingerprint density at radius 1 is 1.00 bits per heavy atom. The van der Waals surface area contributed by atoms with Gasteiger partial charge in [0.1, 0.15) is 0 Å². The molecule has 1 heterocycles. The van der Waals surface area contributed by atoms with Gasteiger partial charge in [-0.2, -0.15) is 0 Å². The number of anilines is 2. The fourth-order valence-electron chi connectivity index (χ4n) is 2.80. The van der Waals surface area contributed by atoms with Crippen molar-refractivity contribution in [1.82, 2.24) is 0 Å². The first kappa shape index (κ1) is 18.4. The predicted octanol–water partition coefficient (Wildman–Crippen LogP) is 2.17. The Morgan fingerprint density at radius 2 is 1.58 bits per heavy atom. The van der Waals surface area contributed by atoms with E-state index in [4.69, 9.17) is 0 Å². The Kier molecular flexibility index (Phi) is 4.53. The Morgan fingerprint density at radius 3 is 2.08 bits per heavy atom. The summed E-state index contributed by atoms with van der Waals surface area (Å²) in [6.45, 7) is 3.61. The van der Waals surface area contributed by atoms with Gasteiger partial charge < -0.3 is 0 Å². The van der Waals surface area contributed by atoms with Gasteiger partial charge in [0.05, 0.1) is 22.0 Å². The van der Waals surface area contributed by atoms with E-state index in [1.165, 1.54) is 24.3 Å². The normalized spacial score (nSPS) is 16.7. The first-order chi connectivity index (χ1) is 12.1. The Hall–Kier alpha value is -2.39. The number of carbonyl (C=O) groups is 1. The summed E-state index contributed by atoms with van der Waals surface area (Å²) in [7, 11) is -7.52. The van der Waals surface area contributed by atoms with Crippen molar-refractivity contribution in [2.24, 2.45) is 0 Å². The van der Waals surface area contributed by atoms with Gasteiger partial charge in [-0.3, -0.25) is 9.52 Å². The van der Waals surface area contributed by atoms with Crippen molar-refractivity contribution in [2.75, 3.05) is 14.8 Å². The van der Waals surface area contributed by atoms with Gasteiger partial charge in [-0.25, -0.2) is 21.1 Å². The number of aryl methyl sites for hydroxylation is 2. The summed E-state index contributed by atoms with van der Waals surface area (Å²) in [4.78, 5) is 11.8. The number of nitrogens with zero attached hydrogens (tertiary/aromatic N) is 1. The molecule has 7 nitrogen and oxygen atoms in total. The van der Waals surface area contributed by atoms with Gasteiger partial charge >= 0.3 is 0 Å². The SMILES string of the molecule is Cc1cccc(C)c1NS(=O)(=O)c1ccc(N2C(=O)CCS2(=O)=O)cc1. The number of amides is 1. The molecule has 0 aliphatic carbocycles. The standard InChI is InChI=1S/C17H18N2O5S2/c1-12-4-3-5-13(2)17(12)18-26(23,24)15-8-6-14(7-9-15)19-16(20)10-11-25(19,21)22/h3-9,18H,10-11H2,1-2H3. The monoisotopic (exact) mass is 394 g/mol. The minimum absolute atomic E-state index is 0.0204. The zero-order chi connectivity index (χ0) is 19.1. The van der Waals surface area contributed by atoms with Crippen molar-refractivity contribution in [1.29, 1.82) is 0 Å². The smallest absolute Gasteiger partial charge is 0.261 e. The minimum atomic E-state index is -3.84. The molecule has 1 aliphatic heterocycles. The van der Waals surface area contributed by atoms with Crippen molar-refractivity contribution < 1.29 is 21.6 Å². The second-order valence-corrected chi connectivity index (χ2v) is 9.71. The van der Waals surface area contributed by atoms with Gasteiger partial charge in [0, 0.05) is 6.42 Å². The highest BCUT2D eigenvalue weighted by molar-refractivity contribution is 7.94. The van der Waals surface area contributed by atoms with E-state index in [0.29, 0.717) is 5.69 Å². The molecule has 1 amide bonds. The molecule has 2 aromatic carbocycles. The number of para-hydroxylation sites is 1. The predicted molar refractivity (Wildman–Crippen MR) is 99.1 cm³/mol. The minimum Gasteiger partial charge on any atom is -0.279 e. The highest BCUT2D eigenvalue weighted by Gasteiger charge is 2.36. The van der Waals surface area contributed by atoms with Crippen LogP contribution < -0.4 is 9.03 Å². The second-order valence-electron chi connectivity index (χ2n) is 6.09. The number of rotatable bonds is 4. The van der Waals surface area contributed by atoms with E-state index in [0.717, 1.165) is 15.4 Å². The van der Waals surface area contributed by atoms with Gasteiger partial charge in [0.2, 0.25) is 15.9 Å². The average molecular weight is 394 g/mol. The Balaban J connectivity index is 1.92. The van der Waals surface area contributed by atoms with E-state index in [1.54, 1.807) is 26.0 Å². The molecule has 26 heavy (non-hydrogen) atoms. The Bertz CT molecular complexity index is 1050. The third-order valence-electron chi connectivity index (χ3n) is 4.18. The van der Waals surface area contributed by atoms with Crippen LogP contribution in [0, 0.1) is 13.8 Å². The number of nitrogens with one attached hydrogen (secondary N) is 1. The van der Waals surface area contributed by atoms with Crippen LogP contribution in [-0.4, -0.2) is 28.5 Å². The van der Waals surface area contributed by atoms with Crippen LogP contribution in [0.25, 0.3) is 0 Å². The summed E-state index contributed by atoms with van der Waals surface area (Å²) in [5.74, 6) is -0.755. The van der Waals surface area contributed by atoms with Crippen LogP contribution in [0.5, 0.6) is 0 Å². The largest absolute Gasteiger partial charge is 0.279 e. The third kappa shape index (κ3) is 3.32. The number of benzene rings is 2. The summed E-state index contributed by atoms with van der Waals surface area (Å²) >= 11 is 0. The van der Waals surface area contributed by atoms with Crippen LogP contribution in [-0.2, 0) is 24.8 Å². The topological polar surface area (TPSA) is 101 Å². The van der Waals surface area contributed by atoms with Gasteiger partial charge in [0.15, 0.2) is 0 Å². The summed E-state index contributed by atoms with van der Waals surface area (Å²) in [6.07, 6.45) is -0.0729. The van der Waals surface area contributed by atoms with Crippen LogP contribution in [0.2, 0.25) is 0 Å². The van der Waals surface area contributed by atoms with Crippen molar-refractivity contribution in [3.8, 4) is 0 Å². The first-order valence-corrected chi connectivity index (χ1v) is 11.0. The lowest BCUT2D eigenvalue weighted by Crippen LogP contribution is -2.29. The molecule has 0 spiro atoms. The molecular formula is C17H18N2O5S2. The van der Waals surface area contributed by atoms with E-state index in [-0.39, 0.29) is 22.8 Å². The van der Waals surface area contributed by atoms with Crippen LogP contribution in [0.1, 0.15) is 17.5 Å². The molecule has 1 fully saturated rings. The maximum atomic E-state index is 12.6. The maximum Gasteiger partial charge on any atom is 0.261 e. The van der Waals surface area contributed by atoms with Gasteiger partial charge in [0.25, 0.3) is 10.0 Å². The molecule has 1 N–H and O–H groups in total. The van der Waals surface area contributed by atoms with Gasteiger partial charge in [-0.1, -0.05) is 18.2 Å². The fourth-order valence-corrected chi connectivity index (χ4v) is 5.46. The molecular weight excluding hydrogens is 376 g/mol. The quantitative estimate of drug-likeness (QED) is 0.856. The molecule has 3 rings (SSSR count). The van der Waals surface area contributed by atoms with Crippen molar-refractivity contribution in [2.45, 2.75) is 25.2 Å². The molecule has 1 saturated heterocycles. The molecule has 0 aromatic heterocycles. The van der Waals surface area contributed by atoms with Crippen LogP contribution in [0.15, 0.2) is 47.4 Å². The van der Waals surface area contributed by atoms with Crippen LogP contribution in [0.4, 0.5) is 11.4 Å². The summed E-state index contributed by atoms with van der Waals surface area (Å²) in [5.41, 5.74) is 2.23. The van der Waals surface area contributed by atoms with Crippen LogP contribution >= 0.6 is 0 Å². The average Bonchev–Trinajstić information content (AvgIpc) is 2.84. The lowest BCUT2D eigenvalue weighted by Gasteiger charge is -2.16. The van der Waals surface area contributed by atoms with Crippen molar-refractivity contribution in [3.63, 3.8) is 0 Å². The molecule has 0 saturated carbocycles. The lowest BCUT2D eigenvalue weighted by molar-refractivity contribution is -0.116. The van der Waals surface area contributed by atoms with E-state index >= 15 is 0 Å². The number of carbonyl (C=O) groups excluding carboxylic acids is 1. The van der Waals surface area contributed by atoms with Crippen molar-refractivity contribution in [3.05, 3.63) is 53.6 Å². The second kappa shape index (κ2) is 6.40. The molecule has 0 atom stereocenters. The van der Waals surface area contributed by atoms with Crippen LogP contribution in [0.3, 0.4) is 0 Å². The van der Waals surface area contributed by atoms with E-state index in [2.05, 4.69) is 4.72 Å². The molecule has 0 bridgehead atoms. The van der Waals surface area contributed by atoms with Gasteiger partial charge in [-0.15, -0.1) is 0 Å². The van der Waals surface area contributed by atoms with E-state index in [9.17, 15) is 21.6 Å². The molecule has 0 unspecified atom stereocenters. The zero-order valence-corrected chi connectivity index (χ0v) is 15.9. The molecule has 138 valence electrons. The lowest BCUT2D eigenvalue weighted by atomic mass is 10.1. The number of hydrogen-bond acceptors (Lipinski definition) is 5. The molecule has 0 radical (unpaired) electrons. The number of hydrogen-bond donors (Lipinski definition) is 1. The summed E-state index contributed by atoms with van der Waals surface area (Å²) < 4.78 is 52.4.